The van der Waals surface area contributed by atoms with Gasteiger partial charge in [-0.05, 0) is 24.9 Å². The Morgan fingerprint density at radius 3 is 2.00 bits per heavy atom. The van der Waals surface area contributed by atoms with E-state index < -0.39 is 24.8 Å². The average Bonchev–Trinajstić information content (AvgIpc) is 2.32. The molecule has 0 radical (unpaired) electrons. The highest BCUT2D eigenvalue weighted by atomic mass is 19.4. The van der Waals surface area contributed by atoms with E-state index in [-0.39, 0.29) is 24.9 Å². The molecule has 0 heterocycles. The lowest BCUT2D eigenvalue weighted by atomic mass is 10.1. The van der Waals surface area contributed by atoms with Crippen LogP contribution in [0.2, 0.25) is 0 Å². The number of unbranched alkanes of at least 4 members (excludes halogenated alkanes) is 1. The Bertz CT molecular complexity index is 384. The number of hydrogen-bond acceptors (Lipinski definition) is 1. The number of hydrogen-bond donors (Lipinski definition) is 1. The zero-order chi connectivity index (χ0) is 15.2. The van der Waals surface area contributed by atoms with E-state index in [1.807, 2.05) is 0 Å². The fourth-order valence-corrected chi connectivity index (χ4v) is 1.76. The van der Waals surface area contributed by atoms with Crippen molar-refractivity contribution >= 4 is 0 Å². The van der Waals surface area contributed by atoms with E-state index in [0.717, 1.165) is 0 Å². The molecule has 114 valence electrons. The minimum Gasteiger partial charge on any atom is -0.302 e. The molecule has 1 nitrogen and oxygen atoms in total. The van der Waals surface area contributed by atoms with Gasteiger partial charge in [-0.2, -0.15) is 26.3 Å². The highest BCUT2D eigenvalue weighted by molar-refractivity contribution is 5.20. The van der Waals surface area contributed by atoms with Crippen molar-refractivity contribution in [1.82, 2.24) is 5.32 Å². The van der Waals surface area contributed by atoms with Crippen LogP contribution in [0.15, 0.2) is 30.3 Å². The van der Waals surface area contributed by atoms with Gasteiger partial charge in [0.05, 0.1) is 0 Å². The molecule has 0 aliphatic carbocycles. The second-order valence-electron chi connectivity index (χ2n) is 4.41. The van der Waals surface area contributed by atoms with Gasteiger partial charge in [0.1, 0.15) is 6.04 Å². The Morgan fingerprint density at radius 2 is 1.50 bits per heavy atom. The molecule has 0 aliphatic rings. The maximum atomic E-state index is 12.9. The summed E-state index contributed by atoms with van der Waals surface area (Å²) < 4.78 is 74.3. The highest BCUT2D eigenvalue weighted by Gasteiger charge is 2.40. The molecule has 7 heteroatoms. The Kier molecular flexibility index (Phi) is 5.86. The van der Waals surface area contributed by atoms with E-state index in [1.165, 1.54) is 24.3 Å². The lowest BCUT2D eigenvalue weighted by molar-refractivity contribution is -0.158. The van der Waals surface area contributed by atoms with Gasteiger partial charge in [0.15, 0.2) is 0 Å². The molecule has 1 aromatic carbocycles. The quantitative estimate of drug-likeness (QED) is 0.597. The summed E-state index contributed by atoms with van der Waals surface area (Å²) in [6, 6.07) is 5.38. The van der Waals surface area contributed by atoms with Crippen LogP contribution < -0.4 is 5.32 Å². The first-order valence-electron chi connectivity index (χ1n) is 6.12. The van der Waals surface area contributed by atoms with Crippen LogP contribution in [0.5, 0.6) is 0 Å². The number of halogens is 6. The molecular formula is C13H15F6N. The summed E-state index contributed by atoms with van der Waals surface area (Å²) in [6.45, 7) is -0.116. The number of benzene rings is 1. The molecule has 0 spiro atoms. The van der Waals surface area contributed by atoms with Crippen LogP contribution in [0, 0.1) is 0 Å². The molecule has 0 bridgehead atoms. The van der Waals surface area contributed by atoms with Crippen molar-refractivity contribution < 1.29 is 26.3 Å². The molecular weight excluding hydrogens is 284 g/mol. The van der Waals surface area contributed by atoms with Crippen LogP contribution in [-0.4, -0.2) is 18.9 Å². The molecule has 1 atom stereocenters. The average molecular weight is 299 g/mol. The number of alkyl halides is 6. The number of rotatable bonds is 6. The van der Waals surface area contributed by atoms with Crippen molar-refractivity contribution in [3.8, 4) is 0 Å². The predicted molar refractivity (Wildman–Crippen MR) is 63.1 cm³/mol. The van der Waals surface area contributed by atoms with Gasteiger partial charge in [0.25, 0.3) is 0 Å². The zero-order valence-corrected chi connectivity index (χ0v) is 10.6. The Hall–Kier alpha value is -1.24. The molecule has 1 rings (SSSR count). The van der Waals surface area contributed by atoms with Crippen molar-refractivity contribution in [3.63, 3.8) is 0 Å². The minimum atomic E-state index is -4.48. The van der Waals surface area contributed by atoms with Gasteiger partial charge < -0.3 is 5.32 Å². The summed E-state index contributed by atoms with van der Waals surface area (Å²) in [7, 11) is 0. The Morgan fingerprint density at radius 1 is 0.900 bits per heavy atom. The van der Waals surface area contributed by atoms with E-state index in [2.05, 4.69) is 5.32 Å². The molecule has 0 amide bonds. The first-order valence-corrected chi connectivity index (χ1v) is 6.12. The second-order valence-corrected chi connectivity index (χ2v) is 4.41. The molecule has 1 unspecified atom stereocenters. The van der Waals surface area contributed by atoms with Crippen LogP contribution in [0.4, 0.5) is 26.3 Å². The summed E-state index contributed by atoms with van der Waals surface area (Å²) in [5.74, 6) is 0. The molecule has 1 N–H and O–H groups in total. The van der Waals surface area contributed by atoms with Crippen molar-refractivity contribution in [2.45, 2.75) is 37.7 Å². The summed E-state index contributed by atoms with van der Waals surface area (Å²) in [5, 5.41) is 2.27. The van der Waals surface area contributed by atoms with Crippen LogP contribution in [0.1, 0.15) is 30.9 Å². The van der Waals surface area contributed by atoms with E-state index in [9.17, 15) is 26.3 Å². The zero-order valence-electron chi connectivity index (χ0n) is 10.6. The van der Waals surface area contributed by atoms with Crippen LogP contribution in [0.25, 0.3) is 0 Å². The van der Waals surface area contributed by atoms with Gasteiger partial charge in [-0.3, -0.25) is 0 Å². The van der Waals surface area contributed by atoms with Gasteiger partial charge in [-0.15, -0.1) is 0 Å². The Balaban J connectivity index is 2.48. The van der Waals surface area contributed by atoms with E-state index in [0.29, 0.717) is 0 Å². The maximum Gasteiger partial charge on any atom is 0.407 e. The normalized spacial score (nSPS) is 14.3. The third-order valence-corrected chi connectivity index (χ3v) is 2.70. The fraction of sp³-hybridized carbons (Fsp3) is 0.538. The van der Waals surface area contributed by atoms with Crippen LogP contribution in [0.3, 0.4) is 0 Å². The first-order chi connectivity index (χ1) is 9.20. The van der Waals surface area contributed by atoms with Crippen molar-refractivity contribution in [3.05, 3.63) is 35.9 Å². The predicted octanol–water partition coefficient (Wildman–Crippen LogP) is 4.61. The topological polar surface area (TPSA) is 12.0 Å². The van der Waals surface area contributed by atoms with E-state index >= 15 is 0 Å². The first kappa shape index (κ1) is 16.8. The summed E-state index contributed by atoms with van der Waals surface area (Å²) in [4.78, 5) is 0. The molecule has 20 heavy (non-hydrogen) atoms. The number of nitrogens with one attached hydrogen (secondary N) is 1. The molecule has 0 aromatic heterocycles. The highest BCUT2D eigenvalue weighted by Crippen LogP contribution is 2.32. The fourth-order valence-electron chi connectivity index (χ4n) is 1.76. The molecule has 0 saturated heterocycles. The molecule has 0 aliphatic heterocycles. The largest absolute Gasteiger partial charge is 0.407 e. The van der Waals surface area contributed by atoms with E-state index in [1.54, 1.807) is 6.07 Å². The van der Waals surface area contributed by atoms with Gasteiger partial charge in [-0.1, -0.05) is 30.3 Å². The third-order valence-electron chi connectivity index (χ3n) is 2.70. The minimum absolute atomic E-state index is 0.0406. The van der Waals surface area contributed by atoms with Gasteiger partial charge in [0, 0.05) is 6.42 Å². The lowest BCUT2D eigenvalue weighted by Gasteiger charge is -2.22. The summed E-state index contributed by atoms with van der Waals surface area (Å²) in [6.07, 6.45) is -9.86. The lowest BCUT2D eigenvalue weighted by Crippen LogP contribution is -2.34. The maximum absolute atomic E-state index is 12.9. The second kappa shape index (κ2) is 6.97. The third kappa shape index (κ3) is 6.27. The summed E-state index contributed by atoms with van der Waals surface area (Å²) in [5.41, 5.74) is 0.0517. The van der Waals surface area contributed by atoms with Crippen molar-refractivity contribution in [2.24, 2.45) is 0 Å². The van der Waals surface area contributed by atoms with Gasteiger partial charge in [0.2, 0.25) is 0 Å². The summed E-state index contributed by atoms with van der Waals surface area (Å²) >= 11 is 0. The van der Waals surface area contributed by atoms with Gasteiger partial charge >= 0.3 is 12.4 Å². The molecule has 0 fully saturated rings. The monoisotopic (exact) mass is 299 g/mol. The Labute approximate surface area is 113 Å². The van der Waals surface area contributed by atoms with E-state index in [4.69, 9.17) is 0 Å². The van der Waals surface area contributed by atoms with Crippen LogP contribution >= 0.6 is 0 Å². The van der Waals surface area contributed by atoms with Crippen molar-refractivity contribution in [1.29, 1.82) is 0 Å². The molecule has 0 saturated carbocycles. The standard InChI is InChI=1S/C13H15F6N/c14-12(15,16)8-4-5-9-20-11(13(17,18)19)10-6-2-1-3-7-10/h1-3,6-7,11,20H,4-5,8-9H2. The van der Waals surface area contributed by atoms with Gasteiger partial charge in [-0.25, -0.2) is 0 Å². The smallest absolute Gasteiger partial charge is 0.302 e. The molecule has 1 aromatic rings. The van der Waals surface area contributed by atoms with Crippen LogP contribution in [-0.2, 0) is 0 Å². The van der Waals surface area contributed by atoms with Crippen molar-refractivity contribution in [2.75, 3.05) is 6.54 Å². The SMILES string of the molecule is FC(F)(F)CCCCNC(c1ccccc1)C(F)(F)F.